The SMILES string of the molecule is Cc1cc(C(F)(F)F)nn1CC(=O)N1CCC(c2nc(C=O)cs2)CC1. The van der Waals surface area contributed by atoms with Gasteiger partial charge in [0, 0.05) is 30.1 Å². The van der Waals surface area contributed by atoms with Gasteiger partial charge in [-0.05, 0) is 25.8 Å². The molecule has 0 N–H and O–H groups in total. The fourth-order valence-corrected chi connectivity index (χ4v) is 3.89. The second kappa shape index (κ2) is 7.18. The van der Waals surface area contributed by atoms with Gasteiger partial charge in [-0.25, -0.2) is 4.98 Å². The van der Waals surface area contributed by atoms with Gasteiger partial charge in [-0.3, -0.25) is 14.3 Å². The zero-order chi connectivity index (χ0) is 18.9. The summed E-state index contributed by atoms with van der Waals surface area (Å²) in [5, 5.41) is 6.09. The summed E-state index contributed by atoms with van der Waals surface area (Å²) in [6.07, 6.45) is -2.39. The average molecular weight is 386 g/mol. The highest BCUT2D eigenvalue weighted by atomic mass is 32.1. The lowest BCUT2D eigenvalue weighted by Crippen LogP contribution is -2.40. The monoisotopic (exact) mass is 386 g/mol. The van der Waals surface area contributed by atoms with Gasteiger partial charge in [-0.15, -0.1) is 11.3 Å². The van der Waals surface area contributed by atoms with Crippen molar-refractivity contribution >= 4 is 23.5 Å². The lowest BCUT2D eigenvalue weighted by molar-refractivity contribution is -0.142. The molecule has 3 rings (SSSR count). The highest BCUT2D eigenvalue weighted by molar-refractivity contribution is 7.09. The number of hydrogen-bond donors (Lipinski definition) is 0. The summed E-state index contributed by atoms with van der Waals surface area (Å²) in [6.45, 7) is 2.30. The number of thiazole rings is 1. The fraction of sp³-hybridized carbons (Fsp3) is 0.500. The molecule has 1 aliphatic heterocycles. The predicted octanol–water partition coefficient (Wildman–Crippen LogP) is 2.89. The number of alkyl halides is 3. The molecule has 0 aliphatic carbocycles. The summed E-state index contributed by atoms with van der Waals surface area (Å²) < 4.78 is 39.2. The van der Waals surface area contributed by atoms with Crippen molar-refractivity contribution in [2.45, 2.75) is 38.4 Å². The predicted molar refractivity (Wildman–Crippen MR) is 88.0 cm³/mol. The topological polar surface area (TPSA) is 68.1 Å². The average Bonchev–Trinajstić information content (AvgIpc) is 3.22. The van der Waals surface area contributed by atoms with Crippen LogP contribution in [0.25, 0.3) is 0 Å². The minimum absolute atomic E-state index is 0.195. The van der Waals surface area contributed by atoms with Crippen LogP contribution >= 0.6 is 11.3 Å². The van der Waals surface area contributed by atoms with Crippen molar-refractivity contribution in [2.24, 2.45) is 0 Å². The first-order chi connectivity index (χ1) is 12.3. The van der Waals surface area contributed by atoms with Crippen LogP contribution in [-0.4, -0.2) is 44.9 Å². The molecule has 140 valence electrons. The molecule has 2 aromatic heterocycles. The van der Waals surface area contributed by atoms with Crippen LogP contribution in [0.15, 0.2) is 11.4 Å². The van der Waals surface area contributed by atoms with E-state index in [0.29, 0.717) is 43.6 Å². The summed E-state index contributed by atoms with van der Waals surface area (Å²) in [7, 11) is 0. The lowest BCUT2D eigenvalue weighted by atomic mass is 9.97. The Kier molecular flexibility index (Phi) is 5.12. The van der Waals surface area contributed by atoms with E-state index in [9.17, 15) is 22.8 Å². The van der Waals surface area contributed by atoms with Crippen LogP contribution in [0, 0.1) is 6.92 Å². The van der Waals surface area contributed by atoms with Gasteiger partial charge in [0.1, 0.15) is 12.2 Å². The van der Waals surface area contributed by atoms with Crippen molar-refractivity contribution in [1.29, 1.82) is 0 Å². The summed E-state index contributed by atoms with van der Waals surface area (Å²) >= 11 is 1.43. The van der Waals surface area contributed by atoms with Crippen molar-refractivity contribution < 1.29 is 22.8 Å². The van der Waals surface area contributed by atoms with Crippen LogP contribution in [0.1, 0.15) is 45.6 Å². The second-order valence-electron chi connectivity index (χ2n) is 6.21. The van der Waals surface area contributed by atoms with Crippen LogP contribution < -0.4 is 0 Å². The van der Waals surface area contributed by atoms with Gasteiger partial charge in [-0.1, -0.05) is 0 Å². The molecule has 0 spiro atoms. The number of nitrogens with zero attached hydrogens (tertiary/aromatic N) is 4. The molecule has 0 radical (unpaired) electrons. The zero-order valence-electron chi connectivity index (χ0n) is 14.0. The molecule has 1 amide bonds. The first-order valence-corrected chi connectivity index (χ1v) is 8.96. The van der Waals surface area contributed by atoms with Crippen molar-refractivity contribution in [3.8, 4) is 0 Å². The molecule has 10 heteroatoms. The number of aldehydes is 1. The third-order valence-corrected chi connectivity index (χ3v) is 5.44. The molecule has 0 unspecified atom stereocenters. The molecule has 26 heavy (non-hydrogen) atoms. The third kappa shape index (κ3) is 3.95. The minimum Gasteiger partial charge on any atom is -0.341 e. The number of carbonyl (C=O) groups excluding carboxylic acids is 2. The van der Waals surface area contributed by atoms with Crippen molar-refractivity contribution in [3.63, 3.8) is 0 Å². The summed E-state index contributed by atoms with van der Waals surface area (Å²) in [4.78, 5) is 29.0. The Bertz CT molecular complexity index is 807. The highest BCUT2D eigenvalue weighted by Gasteiger charge is 2.35. The van der Waals surface area contributed by atoms with Crippen LogP contribution in [0.3, 0.4) is 0 Å². The van der Waals surface area contributed by atoms with E-state index < -0.39 is 11.9 Å². The molecule has 1 saturated heterocycles. The maximum absolute atomic E-state index is 12.7. The van der Waals surface area contributed by atoms with Gasteiger partial charge in [0.2, 0.25) is 5.91 Å². The molecule has 1 fully saturated rings. The number of halogens is 3. The number of amides is 1. The highest BCUT2D eigenvalue weighted by Crippen LogP contribution is 2.31. The Hall–Kier alpha value is -2.23. The fourth-order valence-electron chi connectivity index (χ4n) is 2.96. The van der Waals surface area contributed by atoms with Gasteiger partial charge < -0.3 is 4.90 Å². The normalized spacial score (nSPS) is 16.1. The number of rotatable bonds is 4. The van der Waals surface area contributed by atoms with E-state index in [1.807, 2.05) is 0 Å². The molecule has 6 nitrogen and oxygen atoms in total. The number of aryl methyl sites for hydroxylation is 1. The Morgan fingerprint density at radius 2 is 2.08 bits per heavy atom. The van der Waals surface area contributed by atoms with Gasteiger partial charge in [-0.2, -0.15) is 18.3 Å². The molecule has 3 heterocycles. The molecular weight excluding hydrogens is 369 g/mol. The van der Waals surface area contributed by atoms with Crippen molar-refractivity contribution in [1.82, 2.24) is 19.7 Å². The molecule has 0 aromatic carbocycles. The van der Waals surface area contributed by atoms with Gasteiger partial charge in [0.15, 0.2) is 12.0 Å². The Labute approximate surface area is 151 Å². The molecule has 0 saturated carbocycles. The van der Waals surface area contributed by atoms with Crippen molar-refractivity contribution in [3.05, 3.63) is 33.5 Å². The summed E-state index contributed by atoms with van der Waals surface area (Å²) in [5.74, 6) is -0.0582. The first kappa shape index (κ1) is 18.6. The largest absolute Gasteiger partial charge is 0.435 e. The van der Waals surface area contributed by atoms with E-state index in [-0.39, 0.29) is 18.4 Å². The maximum atomic E-state index is 12.7. The van der Waals surface area contributed by atoms with E-state index in [1.165, 1.54) is 18.3 Å². The number of likely N-dealkylation sites (tertiary alicyclic amines) is 1. The third-order valence-electron chi connectivity index (χ3n) is 4.41. The van der Waals surface area contributed by atoms with Crippen LogP contribution in [0.5, 0.6) is 0 Å². The quantitative estimate of drug-likeness (QED) is 0.758. The van der Waals surface area contributed by atoms with E-state index in [0.717, 1.165) is 15.8 Å². The summed E-state index contributed by atoms with van der Waals surface area (Å²) in [6, 6.07) is 0.937. The van der Waals surface area contributed by atoms with Gasteiger partial charge in [0.25, 0.3) is 0 Å². The molecule has 1 aliphatic rings. The minimum atomic E-state index is -4.52. The molecule has 0 atom stereocenters. The van der Waals surface area contributed by atoms with E-state index in [1.54, 1.807) is 10.3 Å². The maximum Gasteiger partial charge on any atom is 0.435 e. The second-order valence-corrected chi connectivity index (χ2v) is 7.10. The van der Waals surface area contributed by atoms with E-state index >= 15 is 0 Å². The van der Waals surface area contributed by atoms with Crippen LogP contribution in [0.2, 0.25) is 0 Å². The van der Waals surface area contributed by atoms with E-state index in [4.69, 9.17) is 0 Å². The van der Waals surface area contributed by atoms with Crippen LogP contribution in [-0.2, 0) is 17.5 Å². The van der Waals surface area contributed by atoms with E-state index in [2.05, 4.69) is 10.1 Å². The lowest BCUT2D eigenvalue weighted by Gasteiger charge is -2.31. The Balaban J connectivity index is 1.59. The molecule has 0 bridgehead atoms. The Morgan fingerprint density at radius 1 is 1.38 bits per heavy atom. The smallest absolute Gasteiger partial charge is 0.341 e. The first-order valence-electron chi connectivity index (χ1n) is 8.08. The van der Waals surface area contributed by atoms with Crippen molar-refractivity contribution in [2.75, 3.05) is 13.1 Å². The summed E-state index contributed by atoms with van der Waals surface area (Å²) in [5.41, 5.74) is -0.279. The number of hydrogen-bond acceptors (Lipinski definition) is 5. The number of aromatic nitrogens is 3. The number of carbonyl (C=O) groups is 2. The molecule has 2 aromatic rings. The zero-order valence-corrected chi connectivity index (χ0v) is 14.8. The van der Waals surface area contributed by atoms with Gasteiger partial charge in [0.05, 0.1) is 5.01 Å². The van der Waals surface area contributed by atoms with Crippen LogP contribution in [0.4, 0.5) is 13.2 Å². The number of piperidine rings is 1. The molecular formula is C16H17F3N4O2S. The Morgan fingerprint density at radius 3 is 2.62 bits per heavy atom. The van der Waals surface area contributed by atoms with Gasteiger partial charge >= 0.3 is 6.18 Å². The standard InChI is InChI=1S/C16H17F3N4O2S/c1-10-6-13(16(17,18)19)21-23(10)7-14(25)22-4-2-11(3-5-22)15-20-12(8-24)9-26-15/h6,8-9,11H,2-5,7H2,1H3.